The summed E-state index contributed by atoms with van der Waals surface area (Å²) in [4.78, 5) is 10.9. The van der Waals surface area contributed by atoms with Crippen LogP contribution < -0.4 is 4.74 Å². The highest BCUT2D eigenvalue weighted by atomic mass is 16.5. The van der Waals surface area contributed by atoms with Crippen LogP contribution in [0.1, 0.15) is 55.6 Å². The van der Waals surface area contributed by atoms with Gasteiger partial charge in [-0.25, -0.2) is 0 Å². The zero-order valence-corrected chi connectivity index (χ0v) is 15.7. The van der Waals surface area contributed by atoms with Crippen molar-refractivity contribution >= 4 is 5.97 Å². The number of aliphatic carboxylic acids is 1. The topological polar surface area (TPSA) is 46.5 Å². The average Bonchev–Trinajstić information content (AvgIpc) is 3.48. The summed E-state index contributed by atoms with van der Waals surface area (Å²) >= 11 is 0. The molecule has 0 amide bonds. The molecule has 1 N–H and O–H groups in total. The highest BCUT2D eigenvalue weighted by Crippen LogP contribution is 2.42. The Labute approximate surface area is 161 Å². The largest absolute Gasteiger partial charge is 0.490 e. The minimum atomic E-state index is -0.625. The van der Waals surface area contributed by atoms with Crippen molar-refractivity contribution in [2.24, 2.45) is 11.8 Å². The fourth-order valence-corrected chi connectivity index (χ4v) is 4.42. The zero-order valence-electron chi connectivity index (χ0n) is 15.7. The van der Waals surface area contributed by atoms with Crippen molar-refractivity contribution in [2.75, 3.05) is 0 Å². The number of carboxylic acids is 1. The van der Waals surface area contributed by atoms with Crippen molar-refractivity contribution in [1.82, 2.24) is 0 Å². The monoisotopic (exact) mass is 364 g/mol. The van der Waals surface area contributed by atoms with Gasteiger partial charge >= 0.3 is 5.97 Å². The van der Waals surface area contributed by atoms with Crippen LogP contribution in [0.5, 0.6) is 5.75 Å². The summed E-state index contributed by atoms with van der Waals surface area (Å²) < 4.78 is 6.18. The van der Waals surface area contributed by atoms with Crippen LogP contribution in [0.25, 0.3) is 0 Å². The summed E-state index contributed by atoms with van der Waals surface area (Å²) in [6.07, 6.45) is 7.79. The molecule has 0 saturated heterocycles. The number of carbonyl (C=O) groups is 1. The van der Waals surface area contributed by atoms with Gasteiger partial charge in [-0.2, -0.15) is 0 Å². The molecule has 0 aliphatic heterocycles. The molecule has 0 radical (unpaired) electrons. The van der Waals surface area contributed by atoms with Crippen LogP contribution in [0.4, 0.5) is 0 Å². The summed E-state index contributed by atoms with van der Waals surface area (Å²) in [7, 11) is 0. The molecule has 0 bridgehead atoms. The minimum Gasteiger partial charge on any atom is -0.490 e. The lowest BCUT2D eigenvalue weighted by atomic mass is 9.82. The average molecular weight is 364 g/mol. The fraction of sp³-hybridized carbons (Fsp3) is 0.458. The second kappa shape index (κ2) is 8.16. The summed E-state index contributed by atoms with van der Waals surface area (Å²) in [5.41, 5.74) is 2.73. The standard InChI is InChI=1S/C24H28O3/c25-24(26)23-16-20(23)14-11-17-9-12-18(13-10-17)19-5-4-8-22(15-19)27-21-6-2-1-3-7-21/h1-3,6-7,9-10,12-13,19-20,22-23H,4-5,8,11,14-16H2,(H,25,26)/t19-,20?,22-,23-/m1/s1. The third-order valence-corrected chi connectivity index (χ3v) is 6.17. The lowest BCUT2D eigenvalue weighted by Gasteiger charge is -2.30. The van der Waals surface area contributed by atoms with Crippen LogP contribution in [-0.4, -0.2) is 17.2 Å². The van der Waals surface area contributed by atoms with Crippen LogP contribution >= 0.6 is 0 Å². The van der Waals surface area contributed by atoms with Crippen molar-refractivity contribution in [1.29, 1.82) is 0 Å². The van der Waals surface area contributed by atoms with Gasteiger partial charge in [-0.15, -0.1) is 0 Å². The Morgan fingerprint density at radius 2 is 1.78 bits per heavy atom. The minimum absolute atomic E-state index is 0.0898. The van der Waals surface area contributed by atoms with Gasteiger partial charge in [0.15, 0.2) is 0 Å². The van der Waals surface area contributed by atoms with E-state index < -0.39 is 5.97 Å². The molecule has 2 aromatic rings. The maximum absolute atomic E-state index is 10.9. The first-order valence-corrected chi connectivity index (χ1v) is 10.2. The molecule has 4 atom stereocenters. The molecule has 2 fully saturated rings. The first-order valence-electron chi connectivity index (χ1n) is 10.2. The summed E-state index contributed by atoms with van der Waals surface area (Å²) in [6, 6.07) is 19.1. The summed E-state index contributed by atoms with van der Waals surface area (Å²) in [5, 5.41) is 9.01. The number of hydrogen-bond donors (Lipinski definition) is 1. The summed E-state index contributed by atoms with van der Waals surface area (Å²) in [6.45, 7) is 0. The second-order valence-electron chi connectivity index (χ2n) is 8.14. The maximum atomic E-state index is 10.9. The van der Waals surface area contributed by atoms with Gasteiger partial charge in [-0.05, 0) is 80.0 Å². The van der Waals surface area contributed by atoms with E-state index in [1.54, 1.807) is 0 Å². The van der Waals surface area contributed by atoms with Gasteiger partial charge in [0.2, 0.25) is 0 Å². The molecular weight excluding hydrogens is 336 g/mol. The Morgan fingerprint density at radius 1 is 1.00 bits per heavy atom. The molecule has 1 unspecified atom stereocenters. The first kappa shape index (κ1) is 18.1. The van der Waals surface area contributed by atoms with Gasteiger partial charge in [0.05, 0.1) is 12.0 Å². The van der Waals surface area contributed by atoms with E-state index in [1.807, 2.05) is 30.3 Å². The number of carboxylic acid groups (broad SMARTS) is 1. The number of ether oxygens (including phenoxy) is 1. The fourth-order valence-electron chi connectivity index (χ4n) is 4.42. The quantitative estimate of drug-likeness (QED) is 0.711. The van der Waals surface area contributed by atoms with Crippen LogP contribution in [-0.2, 0) is 11.2 Å². The third kappa shape index (κ3) is 4.71. The van der Waals surface area contributed by atoms with E-state index in [4.69, 9.17) is 9.84 Å². The Morgan fingerprint density at radius 3 is 2.48 bits per heavy atom. The van der Waals surface area contributed by atoms with E-state index in [2.05, 4.69) is 24.3 Å². The molecule has 0 heterocycles. The van der Waals surface area contributed by atoms with Gasteiger partial charge in [0, 0.05) is 0 Å². The smallest absolute Gasteiger partial charge is 0.306 e. The van der Waals surface area contributed by atoms with Crippen LogP contribution in [0.15, 0.2) is 54.6 Å². The molecule has 0 aromatic heterocycles. The zero-order chi connectivity index (χ0) is 18.6. The van der Waals surface area contributed by atoms with Crippen molar-refractivity contribution in [3.63, 3.8) is 0 Å². The van der Waals surface area contributed by atoms with E-state index in [-0.39, 0.29) is 5.92 Å². The Hall–Kier alpha value is -2.29. The van der Waals surface area contributed by atoms with Gasteiger partial charge in [-0.1, -0.05) is 42.5 Å². The lowest BCUT2D eigenvalue weighted by molar-refractivity contribution is -0.138. The van der Waals surface area contributed by atoms with Crippen molar-refractivity contribution in [3.8, 4) is 5.75 Å². The molecule has 3 heteroatoms. The van der Waals surface area contributed by atoms with Gasteiger partial charge in [0.1, 0.15) is 5.75 Å². The van der Waals surface area contributed by atoms with E-state index >= 15 is 0 Å². The molecule has 142 valence electrons. The molecule has 27 heavy (non-hydrogen) atoms. The maximum Gasteiger partial charge on any atom is 0.306 e. The molecular formula is C24H28O3. The van der Waals surface area contributed by atoms with E-state index in [1.165, 1.54) is 24.0 Å². The number of rotatable bonds is 7. The van der Waals surface area contributed by atoms with Crippen LogP contribution in [0.2, 0.25) is 0 Å². The number of para-hydroxylation sites is 1. The molecule has 3 nitrogen and oxygen atoms in total. The van der Waals surface area contributed by atoms with Crippen LogP contribution in [0, 0.1) is 11.8 Å². The van der Waals surface area contributed by atoms with E-state index in [0.717, 1.165) is 37.9 Å². The number of hydrogen-bond acceptors (Lipinski definition) is 2. The SMILES string of the molecule is O=C(O)[C@@H]1CC1CCc1ccc([C@@H]2CCC[C@@H](Oc3ccccc3)C2)cc1. The van der Waals surface area contributed by atoms with Gasteiger partial charge in [0.25, 0.3) is 0 Å². The highest BCUT2D eigenvalue weighted by Gasteiger charge is 2.42. The predicted molar refractivity (Wildman–Crippen MR) is 106 cm³/mol. The first-order chi connectivity index (χ1) is 13.2. The molecule has 2 aliphatic carbocycles. The normalized spacial score (nSPS) is 27.1. The van der Waals surface area contributed by atoms with Gasteiger partial charge in [-0.3, -0.25) is 4.79 Å². The Balaban J connectivity index is 1.29. The van der Waals surface area contributed by atoms with Crippen molar-refractivity contribution < 1.29 is 14.6 Å². The van der Waals surface area contributed by atoms with Crippen molar-refractivity contribution in [2.45, 2.75) is 57.0 Å². The van der Waals surface area contributed by atoms with E-state index in [9.17, 15) is 4.79 Å². The number of benzene rings is 2. The second-order valence-corrected chi connectivity index (χ2v) is 8.14. The van der Waals surface area contributed by atoms with Gasteiger partial charge < -0.3 is 9.84 Å². The highest BCUT2D eigenvalue weighted by molar-refractivity contribution is 5.73. The summed E-state index contributed by atoms with van der Waals surface area (Å²) in [5.74, 6) is 1.21. The Kier molecular flexibility index (Phi) is 5.47. The van der Waals surface area contributed by atoms with Crippen LogP contribution in [0.3, 0.4) is 0 Å². The lowest BCUT2D eigenvalue weighted by Crippen LogP contribution is -2.24. The molecule has 2 saturated carbocycles. The molecule has 2 aromatic carbocycles. The number of aryl methyl sites for hydroxylation is 1. The van der Waals surface area contributed by atoms with E-state index in [0.29, 0.717) is 17.9 Å². The Bertz CT molecular complexity index is 753. The molecule has 0 spiro atoms. The van der Waals surface area contributed by atoms with Crippen molar-refractivity contribution in [3.05, 3.63) is 65.7 Å². The predicted octanol–water partition coefficient (Wildman–Crippen LogP) is 5.45. The molecule has 2 aliphatic rings. The molecule has 4 rings (SSSR count). The third-order valence-electron chi connectivity index (χ3n) is 6.17.